The average Bonchev–Trinajstić information content (AvgIpc) is 2.39. The van der Waals surface area contributed by atoms with E-state index in [-0.39, 0.29) is 13.0 Å². The fourth-order valence-electron chi connectivity index (χ4n) is 1.84. The van der Waals surface area contributed by atoms with E-state index in [1.54, 1.807) is 24.3 Å². The van der Waals surface area contributed by atoms with Gasteiger partial charge in [0.05, 0.1) is 6.42 Å². The van der Waals surface area contributed by atoms with Gasteiger partial charge < -0.3 is 10.4 Å². The van der Waals surface area contributed by atoms with Crippen molar-refractivity contribution in [1.82, 2.24) is 5.32 Å². The topological polar surface area (TPSA) is 66.4 Å². The van der Waals surface area contributed by atoms with Crippen LogP contribution in [0, 0.1) is 5.82 Å². The van der Waals surface area contributed by atoms with Crippen LogP contribution in [0.1, 0.15) is 16.8 Å². The second-order valence-corrected chi connectivity index (χ2v) is 4.04. The van der Waals surface area contributed by atoms with Crippen LogP contribution < -0.4 is 5.32 Å². The number of benzene rings is 2. The normalized spacial score (nSPS) is 10.4. The minimum absolute atomic E-state index is 0.0415. The zero-order chi connectivity index (χ0) is 13.8. The number of carboxylic acid groups (broad SMARTS) is 1. The first-order valence-electron chi connectivity index (χ1n) is 5.77. The number of rotatable bonds is 4. The van der Waals surface area contributed by atoms with Crippen LogP contribution in [0.15, 0.2) is 36.4 Å². The van der Waals surface area contributed by atoms with E-state index in [1.165, 1.54) is 12.1 Å². The lowest BCUT2D eigenvalue weighted by Gasteiger charge is -2.07. The number of hydrogen-bond donors (Lipinski definition) is 2. The molecule has 2 N–H and O–H groups in total. The molecule has 0 spiro atoms. The summed E-state index contributed by atoms with van der Waals surface area (Å²) in [6.45, 7) is 0.0415. The molecule has 2 aromatic carbocycles. The molecule has 0 saturated heterocycles. The Bertz CT molecular complexity index is 640. The Kier molecular flexibility index (Phi) is 3.75. The molecule has 0 aliphatic heterocycles. The van der Waals surface area contributed by atoms with Crippen molar-refractivity contribution in [3.05, 3.63) is 47.8 Å². The highest BCUT2D eigenvalue weighted by Crippen LogP contribution is 2.21. The van der Waals surface area contributed by atoms with Gasteiger partial charge in [0.1, 0.15) is 5.82 Å². The Hall–Kier alpha value is -2.43. The highest BCUT2D eigenvalue weighted by Gasteiger charge is 2.12. The maximum absolute atomic E-state index is 13.6. The van der Waals surface area contributed by atoms with Crippen molar-refractivity contribution in [2.45, 2.75) is 6.42 Å². The predicted octanol–water partition coefficient (Wildman–Crippen LogP) is 2.18. The van der Waals surface area contributed by atoms with Gasteiger partial charge in [0.2, 0.25) is 0 Å². The van der Waals surface area contributed by atoms with Crippen LogP contribution in [0.2, 0.25) is 0 Å². The highest BCUT2D eigenvalue weighted by molar-refractivity contribution is 6.07. The Morgan fingerprint density at radius 3 is 2.47 bits per heavy atom. The Balaban J connectivity index is 2.27. The number of carbonyl (C=O) groups is 2. The number of hydrogen-bond acceptors (Lipinski definition) is 2. The van der Waals surface area contributed by atoms with Gasteiger partial charge in [-0.05, 0) is 17.5 Å². The molecule has 4 nitrogen and oxygen atoms in total. The summed E-state index contributed by atoms with van der Waals surface area (Å²) in [4.78, 5) is 22.3. The standard InChI is InChI=1S/C14H12FNO3/c15-12-6-5-11(9-3-1-2-4-10(9)12)14(19)16-8-7-13(17)18/h1-6H,7-8H2,(H,16,19)(H,17,18). The zero-order valence-corrected chi connectivity index (χ0v) is 10.0. The first kappa shape index (κ1) is 13.0. The minimum atomic E-state index is -0.982. The molecule has 98 valence electrons. The van der Waals surface area contributed by atoms with Crippen molar-refractivity contribution in [1.29, 1.82) is 0 Å². The van der Waals surface area contributed by atoms with Crippen molar-refractivity contribution in [3.8, 4) is 0 Å². The van der Waals surface area contributed by atoms with E-state index in [4.69, 9.17) is 5.11 Å². The minimum Gasteiger partial charge on any atom is -0.481 e. The van der Waals surface area contributed by atoms with E-state index in [1.807, 2.05) is 0 Å². The van der Waals surface area contributed by atoms with Gasteiger partial charge >= 0.3 is 5.97 Å². The first-order valence-corrected chi connectivity index (χ1v) is 5.77. The third-order valence-electron chi connectivity index (χ3n) is 2.74. The zero-order valence-electron chi connectivity index (χ0n) is 10.0. The molecule has 19 heavy (non-hydrogen) atoms. The van der Waals surface area contributed by atoms with Crippen LogP contribution in [0.4, 0.5) is 4.39 Å². The molecule has 5 heteroatoms. The summed E-state index contributed by atoms with van der Waals surface area (Å²) in [7, 11) is 0. The molecule has 0 unspecified atom stereocenters. The highest BCUT2D eigenvalue weighted by atomic mass is 19.1. The fraction of sp³-hybridized carbons (Fsp3) is 0.143. The Morgan fingerprint density at radius 1 is 1.11 bits per heavy atom. The SMILES string of the molecule is O=C(O)CCNC(=O)c1ccc(F)c2ccccc12. The summed E-state index contributed by atoms with van der Waals surface area (Å²) >= 11 is 0. The molecule has 1 amide bonds. The second-order valence-electron chi connectivity index (χ2n) is 4.04. The van der Waals surface area contributed by atoms with E-state index >= 15 is 0 Å². The molecule has 0 fully saturated rings. The molecule has 0 heterocycles. The quantitative estimate of drug-likeness (QED) is 0.886. The molecule has 0 aromatic heterocycles. The summed E-state index contributed by atoms with van der Waals surface area (Å²) < 4.78 is 13.6. The fourth-order valence-corrected chi connectivity index (χ4v) is 1.84. The van der Waals surface area contributed by atoms with Crippen LogP contribution >= 0.6 is 0 Å². The molecular formula is C14H12FNO3. The van der Waals surface area contributed by atoms with E-state index in [0.29, 0.717) is 16.3 Å². The molecule has 2 aromatic rings. The van der Waals surface area contributed by atoms with Crippen molar-refractivity contribution in [2.75, 3.05) is 6.54 Å². The van der Waals surface area contributed by atoms with Gasteiger partial charge in [0, 0.05) is 17.5 Å². The van der Waals surface area contributed by atoms with Crippen molar-refractivity contribution in [2.24, 2.45) is 0 Å². The Labute approximate surface area is 108 Å². The van der Waals surface area contributed by atoms with Crippen LogP contribution in [-0.4, -0.2) is 23.5 Å². The molecule has 0 aliphatic rings. The maximum atomic E-state index is 13.6. The number of amides is 1. The number of nitrogens with one attached hydrogen (secondary N) is 1. The van der Waals surface area contributed by atoms with Crippen molar-refractivity contribution >= 4 is 22.6 Å². The van der Waals surface area contributed by atoms with E-state index in [9.17, 15) is 14.0 Å². The van der Waals surface area contributed by atoms with Crippen LogP contribution in [0.25, 0.3) is 10.8 Å². The van der Waals surface area contributed by atoms with Gasteiger partial charge in [-0.15, -0.1) is 0 Å². The number of carboxylic acids is 1. The predicted molar refractivity (Wildman–Crippen MR) is 68.5 cm³/mol. The van der Waals surface area contributed by atoms with Gasteiger partial charge in [0.25, 0.3) is 5.91 Å². The molecular weight excluding hydrogens is 249 g/mol. The van der Waals surface area contributed by atoms with Crippen LogP contribution in [0.5, 0.6) is 0 Å². The molecule has 0 bridgehead atoms. The van der Waals surface area contributed by atoms with Crippen molar-refractivity contribution in [3.63, 3.8) is 0 Å². The monoisotopic (exact) mass is 261 g/mol. The summed E-state index contributed by atoms with van der Waals surface area (Å²) in [5.74, 6) is -1.78. The van der Waals surface area contributed by atoms with Crippen LogP contribution in [0.3, 0.4) is 0 Å². The van der Waals surface area contributed by atoms with Crippen LogP contribution in [-0.2, 0) is 4.79 Å². The number of aliphatic carboxylic acids is 1. The Morgan fingerprint density at radius 2 is 1.79 bits per heavy atom. The number of fused-ring (bicyclic) bond motifs is 1. The summed E-state index contributed by atoms with van der Waals surface area (Å²) in [5, 5.41) is 11.9. The number of carbonyl (C=O) groups excluding carboxylic acids is 1. The summed E-state index contributed by atoms with van der Waals surface area (Å²) in [6.07, 6.45) is -0.148. The molecule has 0 atom stereocenters. The lowest BCUT2D eigenvalue weighted by molar-refractivity contribution is -0.136. The lowest BCUT2D eigenvalue weighted by atomic mass is 10.0. The van der Waals surface area contributed by atoms with Gasteiger partial charge in [-0.2, -0.15) is 0 Å². The maximum Gasteiger partial charge on any atom is 0.305 e. The van der Waals surface area contributed by atoms with E-state index < -0.39 is 17.7 Å². The average molecular weight is 261 g/mol. The molecule has 0 aliphatic carbocycles. The second kappa shape index (κ2) is 5.48. The molecule has 0 saturated carbocycles. The third-order valence-corrected chi connectivity index (χ3v) is 2.74. The van der Waals surface area contributed by atoms with Gasteiger partial charge in [-0.3, -0.25) is 9.59 Å². The summed E-state index contributed by atoms with van der Waals surface area (Å²) in [5.41, 5.74) is 0.336. The number of halogens is 1. The van der Waals surface area contributed by atoms with Gasteiger partial charge in [-0.25, -0.2) is 4.39 Å². The first-order chi connectivity index (χ1) is 9.09. The van der Waals surface area contributed by atoms with E-state index in [2.05, 4.69) is 5.32 Å². The molecule has 2 rings (SSSR count). The van der Waals surface area contributed by atoms with Gasteiger partial charge in [-0.1, -0.05) is 24.3 Å². The largest absolute Gasteiger partial charge is 0.481 e. The van der Waals surface area contributed by atoms with Crippen molar-refractivity contribution < 1.29 is 19.1 Å². The smallest absolute Gasteiger partial charge is 0.305 e. The third kappa shape index (κ3) is 2.88. The van der Waals surface area contributed by atoms with E-state index in [0.717, 1.165) is 0 Å². The molecule has 0 radical (unpaired) electrons. The summed E-state index contributed by atoms with van der Waals surface area (Å²) in [6, 6.07) is 9.29. The van der Waals surface area contributed by atoms with Gasteiger partial charge in [0.15, 0.2) is 0 Å². The lowest BCUT2D eigenvalue weighted by Crippen LogP contribution is -2.26.